The minimum atomic E-state index is -0.379. The summed E-state index contributed by atoms with van der Waals surface area (Å²) in [6.45, 7) is 7.63. The van der Waals surface area contributed by atoms with Crippen LogP contribution in [-0.2, 0) is 11.3 Å². The van der Waals surface area contributed by atoms with Crippen LogP contribution < -0.4 is 0 Å². The molecule has 0 radical (unpaired) electrons. The first-order chi connectivity index (χ1) is 4.90. The zero-order valence-corrected chi connectivity index (χ0v) is 8.03. The summed E-state index contributed by atoms with van der Waals surface area (Å²) in [6.07, 6.45) is 0. The Balaban J connectivity index is 3.19. The van der Waals surface area contributed by atoms with Gasteiger partial charge in [0.1, 0.15) is 11.1 Å². The van der Waals surface area contributed by atoms with Crippen LogP contribution in [0.1, 0.15) is 27.7 Å². The third-order valence-corrected chi connectivity index (χ3v) is 2.91. The van der Waals surface area contributed by atoms with E-state index < -0.39 is 0 Å². The van der Waals surface area contributed by atoms with Crippen molar-refractivity contribution in [2.75, 3.05) is 0 Å². The SMILES string of the molecule is CC1(C)N=NC(C)(C)C1=S=O. The molecule has 0 atom stereocenters. The van der Waals surface area contributed by atoms with Gasteiger partial charge in [-0.2, -0.15) is 10.2 Å². The van der Waals surface area contributed by atoms with E-state index in [2.05, 4.69) is 10.2 Å². The average molecular weight is 172 g/mol. The molecule has 0 fully saturated rings. The smallest absolute Gasteiger partial charge is 0.112 e. The second-order valence-corrected chi connectivity index (χ2v) is 4.31. The van der Waals surface area contributed by atoms with Crippen LogP contribution in [0.2, 0.25) is 0 Å². The van der Waals surface area contributed by atoms with Gasteiger partial charge in [-0.1, -0.05) is 0 Å². The zero-order valence-electron chi connectivity index (χ0n) is 7.21. The van der Waals surface area contributed by atoms with Gasteiger partial charge < -0.3 is 0 Å². The Morgan fingerprint density at radius 1 is 1.09 bits per heavy atom. The summed E-state index contributed by atoms with van der Waals surface area (Å²) in [5, 5.41) is 8.08. The van der Waals surface area contributed by atoms with Gasteiger partial charge in [-0.25, -0.2) is 4.21 Å². The highest BCUT2D eigenvalue weighted by Gasteiger charge is 2.42. The molecule has 1 aliphatic rings. The van der Waals surface area contributed by atoms with Gasteiger partial charge in [-0.05, 0) is 27.7 Å². The lowest BCUT2D eigenvalue weighted by Gasteiger charge is -2.18. The summed E-state index contributed by atoms with van der Waals surface area (Å²) in [5.74, 6) is 0. The fourth-order valence-corrected chi connectivity index (χ4v) is 1.78. The first-order valence-corrected chi connectivity index (χ1v) is 4.26. The maximum absolute atomic E-state index is 10.7. The molecule has 0 aromatic carbocycles. The summed E-state index contributed by atoms with van der Waals surface area (Å²) in [4.78, 5) is 0.796. The van der Waals surface area contributed by atoms with E-state index in [9.17, 15) is 4.21 Å². The maximum atomic E-state index is 10.7. The van der Waals surface area contributed by atoms with Crippen LogP contribution in [0.5, 0.6) is 0 Å². The minimum Gasteiger partial charge on any atom is -0.212 e. The molecule has 1 rings (SSSR count). The van der Waals surface area contributed by atoms with Crippen LogP contribution in [0.3, 0.4) is 0 Å². The van der Waals surface area contributed by atoms with Crippen LogP contribution in [0.4, 0.5) is 0 Å². The molecule has 0 spiro atoms. The number of rotatable bonds is 0. The predicted molar refractivity (Wildman–Crippen MR) is 46.2 cm³/mol. The van der Waals surface area contributed by atoms with Crippen molar-refractivity contribution in [2.45, 2.75) is 38.8 Å². The van der Waals surface area contributed by atoms with Gasteiger partial charge in [0.25, 0.3) is 0 Å². The van der Waals surface area contributed by atoms with Gasteiger partial charge in [0, 0.05) is 0 Å². The van der Waals surface area contributed by atoms with Gasteiger partial charge in [0.05, 0.1) is 16.1 Å². The van der Waals surface area contributed by atoms with Gasteiger partial charge in [0.15, 0.2) is 0 Å². The summed E-state index contributed by atoms with van der Waals surface area (Å²) in [5.41, 5.74) is -0.758. The summed E-state index contributed by atoms with van der Waals surface area (Å²) < 4.78 is 10.7. The van der Waals surface area contributed by atoms with Crippen LogP contribution in [-0.4, -0.2) is 20.2 Å². The van der Waals surface area contributed by atoms with E-state index in [-0.39, 0.29) is 11.1 Å². The molecule has 0 bridgehead atoms. The van der Waals surface area contributed by atoms with E-state index in [1.165, 1.54) is 0 Å². The van der Waals surface area contributed by atoms with E-state index in [0.29, 0.717) is 11.3 Å². The lowest BCUT2D eigenvalue weighted by molar-refractivity contribution is 0.678. The summed E-state index contributed by atoms with van der Waals surface area (Å²) >= 11 is 0.525. The summed E-state index contributed by atoms with van der Waals surface area (Å²) in [6, 6.07) is 0. The Hall–Kier alpha value is -0.510. The highest BCUT2D eigenvalue weighted by Crippen LogP contribution is 2.30. The Labute approximate surface area is 70.0 Å². The zero-order chi connectivity index (χ0) is 8.70. The largest absolute Gasteiger partial charge is 0.212 e. The van der Waals surface area contributed by atoms with Crippen molar-refractivity contribution < 1.29 is 4.21 Å². The van der Waals surface area contributed by atoms with Gasteiger partial charge >= 0.3 is 0 Å². The third-order valence-electron chi connectivity index (χ3n) is 1.74. The van der Waals surface area contributed by atoms with Crippen molar-refractivity contribution >= 4 is 16.1 Å². The lowest BCUT2D eigenvalue weighted by Crippen LogP contribution is -2.38. The second kappa shape index (κ2) is 2.24. The molecule has 0 unspecified atom stereocenters. The van der Waals surface area contributed by atoms with Crippen LogP contribution in [0.15, 0.2) is 10.2 Å². The van der Waals surface area contributed by atoms with Crippen molar-refractivity contribution in [2.24, 2.45) is 10.2 Å². The molecule has 0 saturated heterocycles. The normalized spacial score (nSPS) is 25.6. The summed E-state index contributed by atoms with van der Waals surface area (Å²) in [7, 11) is 0. The highest BCUT2D eigenvalue weighted by atomic mass is 32.1. The highest BCUT2D eigenvalue weighted by molar-refractivity contribution is 7.67. The van der Waals surface area contributed by atoms with Crippen molar-refractivity contribution in [1.29, 1.82) is 0 Å². The molecule has 4 heteroatoms. The van der Waals surface area contributed by atoms with Gasteiger partial charge in [0.2, 0.25) is 0 Å². The van der Waals surface area contributed by atoms with Crippen molar-refractivity contribution in [3.05, 3.63) is 0 Å². The second-order valence-electron chi connectivity index (χ2n) is 3.73. The average Bonchev–Trinajstić information content (AvgIpc) is 2.03. The molecule has 0 amide bonds. The molecule has 0 aliphatic carbocycles. The van der Waals surface area contributed by atoms with Crippen LogP contribution in [0, 0.1) is 0 Å². The molecule has 62 valence electrons. The van der Waals surface area contributed by atoms with Crippen molar-refractivity contribution in [1.82, 2.24) is 0 Å². The molecular formula is C7H12N2OS. The number of nitrogens with zero attached hydrogens (tertiary/aromatic N) is 2. The first kappa shape index (κ1) is 8.59. The number of hydrogen-bond acceptors (Lipinski definition) is 3. The molecule has 0 saturated carbocycles. The fourth-order valence-electron chi connectivity index (χ4n) is 1.29. The molecule has 0 N–H and O–H groups in total. The number of hydrogen-bond donors (Lipinski definition) is 0. The van der Waals surface area contributed by atoms with E-state index in [1.807, 2.05) is 27.7 Å². The quantitative estimate of drug-likeness (QED) is 0.509. The number of azo groups is 1. The molecule has 1 heterocycles. The lowest BCUT2D eigenvalue weighted by atomic mass is 9.90. The predicted octanol–water partition coefficient (Wildman–Crippen LogP) is 1.39. The Bertz CT molecular complexity index is 242. The van der Waals surface area contributed by atoms with Crippen molar-refractivity contribution in [3.63, 3.8) is 0 Å². The monoisotopic (exact) mass is 172 g/mol. The Morgan fingerprint density at radius 3 is 1.64 bits per heavy atom. The fraction of sp³-hybridized carbons (Fsp3) is 0.857. The molecule has 11 heavy (non-hydrogen) atoms. The van der Waals surface area contributed by atoms with E-state index in [4.69, 9.17) is 0 Å². The third kappa shape index (κ3) is 1.27. The van der Waals surface area contributed by atoms with Crippen molar-refractivity contribution in [3.8, 4) is 0 Å². The Morgan fingerprint density at radius 2 is 1.45 bits per heavy atom. The van der Waals surface area contributed by atoms with Crippen LogP contribution >= 0.6 is 0 Å². The Kier molecular flexibility index (Phi) is 1.75. The van der Waals surface area contributed by atoms with E-state index >= 15 is 0 Å². The molecule has 0 aromatic heterocycles. The first-order valence-electron chi connectivity index (χ1n) is 3.52. The molecule has 0 aromatic rings. The molecule has 3 nitrogen and oxygen atoms in total. The maximum Gasteiger partial charge on any atom is 0.112 e. The molecule has 1 aliphatic heterocycles. The minimum absolute atomic E-state index is 0.379. The van der Waals surface area contributed by atoms with Crippen LogP contribution in [0.25, 0.3) is 0 Å². The topological polar surface area (TPSA) is 41.8 Å². The standard InChI is InChI=1S/C7H12N2OS/c1-6(2)5(11-10)7(3,4)9-8-6/h1-4H3. The van der Waals surface area contributed by atoms with Gasteiger partial charge in [-0.15, -0.1) is 0 Å². The molecular weight excluding hydrogens is 160 g/mol. The van der Waals surface area contributed by atoms with Gasteiger partial charge in [-0.3, -0.25) is 0 Å². The van der Waals surface area contributed by atoms with E-state index in [0.717, 1.165) is 4.86 Å². The van der Waals surface area contributed by atoms with E-state index in [1.54, 1.807) is 0 Å².